The lowest BCUT2D eigenvalue weighted by Gasteiger charge is -2.27. The highest BCUT2D eigenvalue weighted by Gasteiger charge is 2.40. The van der Waals surface area contributed by atoms with Gasteiger partial charge < -0.3 is 10.0 Å². The number of hydrogen-bond donors (Lipinski definition) is 1. The van der Waals surface area contributed by atoms with Crippen molar-refractivity contribution < 1.29 is 23.5 Å². The van der Waals surface area contributed by atoms with Crippen LogP contribution in [0.5, 0.6) is 0 Å². The van der Waals surface area contributed by atoms with Crippen molar-refractivity contribution in [1.29, 1.82) is 0 Å². The Labute approximate surface area is 188 Å². The molecular weight excluding hydrogens is 412 g/mol. The maximum Gasteiger partial charge on any atom is 0.339 e. The molecule has 2 fully saturated rings. The molecule has 1 aromatic carbocycles. The summed E-state index contributed by atoms with van der Waals surface area (Å²) >= 11 is 0. The van der Waals surface area contributed by atoms with E-state index in [4.69, 9.17) is 0 Å². The van der Waals surface area contributed by atoms with Gasteiger partial charge in [-0.15, -0.1) is 0 Å². The minimum absolute atomic E-state index is 0.0281. The zero-order valence-corrected chi connectivity index (χ0v) is 18.8. The van der Waals surface area contributed by atoms with Crippen molar-refractivity contribution in [2.45, 2.75) is 77.0 Å². The van der Waals surface area contributed by atoms with Crippen molar-refractivity contribution in [3.63, 3.8) is 0 Å². The summed E-state index contributed by atoms with van der Waals surface area (Å²) in [5, 5.41) is 9.45. The van der Waals surface area contributed by atoms with Crippen LogP contribution in [0.3, 0.4) is 0 Å². The van der Waals surface area contributed by atoms with E-state index >= 15 is 8.78 Å². The van der Waals surface area contributed by atoms with Crippen LogP contribution in [0.25, 0.3) is 0 Å². The van der Waals surface area contributed by atoms with Gasteiger partial charge in [-0.2, -0.15) is 0 Å². The van der Waals surface area contributed by atoms with Gasteiger partial charge in [0.15, 0.2) is 5.82 Å². The molecule has 1 N–H and O–H groups in total. The first-order valence-electron chi connectivity index (χ1n) is 12.2. The van der Waals surface area contributed by atoms with Crippen LogP contribution in [0, 0.1) is 23.5 Å². The lowest BCUT2D eigenvalue weighted by molar-refractivity contribution is -0.132. The number of carboxylic acids is 1. The summed E-state index contributed by atoms with van der Waals surface area (Å²) in [7, 11) is 0. The fraction of sp³-hybridized carbons (Fsp3) is 0.615. The van der Waals surface area contributed by atoms with Crippen LogP contribution in [-0.4, -0.2) is 29.9 Å². The van der Waals surface area contributed by atoms with Crippen LogP contribution >= 0.6 is 0 Å². The standard InChI is InChI=1S/C26H33F2NO3/c1-2-3-4-5-7-16-12-13-29(15-16)24-21(27)14-20-22(23(24)28)18(17-10-11-17)8-6-9-19(25(20)30)26(31)32/h9,14,16-18H,2-8,10-13,15H2,1H3,(H,31,32)/b19-9+/t16?,18-/m0/s1. The molecule has 1 aliphatic heterocycles. The first-order valence-corrected chi connectivity index (χ1v) is 12.2. The Morgan fingerprint density at radius 1 is 1.16 bits per heavy atom. The summed E-state index contributed by atoms with van der Waals surface area (Å²) in [4.78, 5) is 26.4. The number of hydrogen-bond acceptors (Lipinski definition) is 3. The third-order valence-corrected chi connectivity index (χ3v) is 7.41. The highest BCUT2D eigenvalue weighted by atomic mass is 19.1. The summed E-state index contributed by atoms with van der Waals surface area (Å²) in [5.74, 6) is -3.01. The molecule has 0 radical (unpaired) electrons. The third kappa shape index (κ3) is 4.60. The number of rotatable bonds is 8. The van der Waals surface area contributed by atoms with Crippen LogP contribution in [0.2, 0.25) is 0 Å². The van der Waals surface area contributed by atoms with Crippen molar-refractivity contribution >= 4 is 17.4 Å². The van der Waals surface area contributed by atoms with Gasteiger partial charge in [-0.1, -0.05) is 38.7 Å². The van der Waals surface area contributed by atoms with Gasteiger partial charge in [0.1, 0.15) is 17.1 Å². The number of allylic oxidation sites excluding steroid dienone is 1. The van der Waals surface area contributed by atoms with Gasteiger partial charge in [0, 0.05) is 24.2 Å². The Morgan fingerprint density at radius 2 is 1.94 bits per heavy atom. The molecule has 0 spiro atoms. The molecule has 2 atom stereocenters. The Morgan fingerprint density at radius 3 is 2.62 bits per heavy atom. The Kier molecular flexibility index (Phi) is 6.96. The second kappa shape index (κ2) is 9.72. The van der Waals surface area contributed by atoms with Crippen LogP contribution in [0.4, 0.5) is 14.5 Å². The van der Waals surface area contributed by atoms with Gasteiger partial charge in [0.2, 0.25) is 5.78 Å². The smallest absolute Gasteiger partial charge is 0.339 e. The molecule has 1 saturated heterocycles. The van der Waals surface area contributed by atoms with Gasteiger partial charge in [-0.3, -0.25) is 4.79 Å². The highest BCUT2D eigenvalue weighted by Crippen LogP contribution is 2.49. The van der Waals surface area contributed by atoms with Gasteiger partial charge in [0.25, 0.3) is 0 Å². The molecular formula is C26H33F2NO3. The number of ketones is 1. The topological polar surface area (TPSA) is 57.6 Å². The van der Waals surface area contributed by atoms with E-state index in [1.165, 1.54) is 25.3 Å². The van der Waals surface area contributed by atoms with Gasteiger partial charge in [-0.25, -0.2) is 13.6 Å². The molecule has 4 rings (SSSR count). The maximum absolute atomic E-state index is 16.0. The normalized spacial score (nSPS) is 25.2. The molecule has 0 amide bonds. The molecule has 174 valence electrons. The summed E-state index contributed by atoms with van der Waals surface area (Å²) < 4.78 is 31.2. The van der Waals surface area contributed by atoms with Crippen molar-refractivity contribution in [1.82, 2.24) is 0 Å². The number of benzene rings is 1. The molecule has 32 heavy (non-hydrogen) atoms. The number of halogens is 2. The average molecular weight is 446 g/mol. The number of anilines is 1. The van der Waals surface area contributed by atoms with Crippen LogP contribution in [0.15, 0.2) is 17.7 Å². The fourth-order valence-corrected chi connectivity index (χ4v) is 5.54. The van der Waals surface area contributed by atoms with Crippen molar-refractivity contribution in [2.24, 2.45) is 11.8 Å². The molecule has 1 saturated carbocycles. The number of carboxylic acid groups (broad SMARTS) is 1. The summed E-state index contributed by atoms with van der Waals surface area (Å²) in [5.41, 5.74) is -0.281. The Bertz CT molecular complexity index is 922. The SMILES string of the molecule is CCCCCCC1CCN(c2c(F)cc3c(c2F)[C@H](C2CC2)CC/C=C(/C(=O)O)C3=O)C1. The minimum Gasteiger partial charge on any atom is -0.478 e. The van der Waals surface area contributed by atoms with E-state index in [0.29, 0.717) is 31.8 Å². The molecule has 4 nitrogen and oxygen atoms in total. The predicted molar refractivity (Wildman–Crippen MR) is 120 cm³/mol. The Hall–Kier alpha value is -2.24. The van der Waals surface area contributed by atoms with E-state index < -0.39 is 23.4 Å². The summed E-state index contributed by atoms with van der Waals surface area (Å²) in [6.45, 7) is 3.41. The monoisotopic (exact) mass is 445 g/mol. The number of Topliss-reactive ketones (excluding diaryl/α,β-unsaturated/α-hetero) is 1. The van der Waals surface area contributed by atoms with Crippen LogP contribution in [0.1, 0.15) is 93.0 Å². The first-order chi connectivity index (χ1) is 15.4. The predicted octanol–water partition coefficient (Wildman–Crippen LogP) is 6.24. The van der Waals surface area contributed by atoms with Crippen LogP contribution < -0.4 is 4.90 Å². The lowest BCUT2D eigenvalue weighted by Crippen LogP contribution is -2.26. The Balaban J connectivity index is 1.66. The molecule has 3 aliphatic rings. The van der Waals surface area contributed by atoms with Crippen molar-refractivity contribution in [2.75, 3.05) is 18.0 Å². The number of unbranched alkanes of at least 4 members (excludes halogenated alkanes) is 3. The summed E-state index contributed by atoms with van der Waals surface area (Å²) in [6, 6.07) is 1.10. The number of carbonyl (C=O) groups is 2. The maximum atomic E-state index is 16.0. The van der Waals surface area contributed by atoms with Gasteiger partial charge in [-0.05, 0) is 62.3 Å². The largest absolute Gasteiger partial charge is 0.478 e. The number of fused-ring (bicyclic) bond motifs is 1. The second-order valence-corrected chi connectivity index (χ2v) is 9.71. The molecule has 0 aromatic heterocycles. The number of nitrogens with zero attached hydrogens (tertiary/aromatic N) is 1. The van der Waals surface area contributed by atoms with Crippen molar-refractivity contribution in [3.8, 4) is 0 Å². The zero-order chi connectivity index (χ0) is 22.8. The lowest BCUT2D eigenvalue weighted by atomic mass is 9.81. The second-order valence-electron chi connectivity index (χ2n) is 9.71. The quantitative estimate of drug-likeness (QED) is 0.380. The van der Waals surface area contributed by atoms with Crippen molar-refractivity contribution in [3.05, 3.63) is 40.5 Å². The third-order valence-electron chi connectivity index (χ3n) is 7.41. The van der Waals surface area contributed by atoms with E-state index in [9.17, 15) is 14.7 Å². The van der Waals surface area contributed by atoms with E-state index in [1.807, 2.05) is 0 Å². The van der Waals surface area contributed by atoms with Gasteiger partial charge >= 0.3 is 5.97 Å². The molecule has 1 aromatic rings. The first kappa shape index (κ1) is 22.9. The zero-order valence-electron chi connectivity index (χ0n) is 18.8. The molecule has 1 heterocycles. The molecule has 0 bridgehead atoms. The number of aliphatic carboxylic acids is 1. The minimum atomic E-state index is -1.35. The van der Waals surface area contributed by atoms with E-state index in [-0.39, 0.29) is 34.2 Å². The van der Waals surface area contributed by atoms with Gasteiger partial charge in [0.05, 0.1) is 0 Å². The highest BCUT2D eigenvalue weighted by molar-refractivity contribution is 6.24. The van der Waals surface area contributed by atoms with Crippen LogP contribution in [-0.2, 0) is 4.79 Å². The fourth-order valence-electron chi connectivity index (χ4n) is 5.54. The molecule has 1 unspecified atom stereocenters. The van der Waals surface area contributed by atoms with E-state index in [0.717, 1.165) is 38.2 Å². The number of carbonyl (C=O) groups excluding carboxylic acids is 1. The van der Waals surface area contributed by atoms with E-state index in [2.05, 4.69) is 6.92 Å². The summed E-state index contributed by atoms with van der Waals surface area (Å²) in [6.07, 6.45) is 11.0. The molecule has 6 heteroatoms. The molecule has 2 aliphatic carbocycles. The van der Waals surface area contributed by atoms with E-state index in [1.54, 1.807) is 4.90 Å². The average Bonchev–Trinajstić information content (AvgIpc) is 3.48.